The Bertz CT molecular complexity index is 349. The van der Waals surface area contributed by atoms with Crippen molar-refractivity contribution < 1.29 is 5.11 Å². The number of aliphatic hydroxyl groups is 1. The monoisotopic (exact) mass is 233 g/mol. The number of hydrogen-bond acceptors (Lipinski definition) is 2. The second kappa shape index (κ2) is 6.18. The number of hydrogen-bond donors (Lipinski definition) is 1. The van der Waals surface area contributed by atoms with Crippen LogP contribution in [-0.4, -0.2) is 29.7 Å². The first-order valence-electron chi connectivity index (χ1n) is 6.67. The maximum atomic E-state index is 9.02. The minimum Gasteiger partial charge on any atom is -0.396 e. The summed E-state index contributed by atoms with van der Waals surface area (Å²) < 4.78 is 0. The van der Waals surface area contributed by atoms with Gasteiger partial charge in [-0.3, -0.25) is 4.90 Å². The Labute approximate surface area is 104 Å². The van der Waals surface area contributed by atoms with E-state index in [0.717, 1.165) is 19.5 Å². The Morgan fingerprint density at radius 2 is 2.18 bits per heavy atom. The molecule has 0 spiro atoms. The Morgan fingerprint density at radius 3 is 2.94 bits per heavy atom. The van der Waals surface area contributed by atoms with E-state index in [1.165, 1.54) is 30.5 Å². The minimum atomic E-state index is 0.336. The van der Waals surface area contributed by atoms with Crippen LogP contribution in [0, 0.1) is 12.8 Å². The second-order valence-electron chi connectivity index (χ2n) is 5.18. The summed E-state index contributed by atoms with van der Waals surface area (Å²) in [5, 5.41) is 9.02. The highest BCUT2D eigenvalue weighted by molar-refractivity contribution is 5.25. The third-order valence-electron chi connectivity index (χ3n) is 3.80. The molecule has 1 saturated heterocycles. The van der Waals surface area contributed by atoms with Gasteiger partial charge in [-0.2, -0.15) is 0 Å². The van der Waals surface area contributed by atoms with Crippen LogP contribution in [-0.2, 0) is 6.54 Å². The molecule has 2 nitrogen and oxygen atoms in total. The zero-order valence-electron chi connectivity index (χ0n) is 10.7. The fourth-order valence-electron chi connectivity index (χ4n) is 2.74. The van der Waals surface area contributed by atoms with Gasteiger partial charge in [-0.25, -0.2) is 0 Å². The van der Waals surface area contributed by atoms with E-state index < -0.39 is 0 Å². The Kier molecular flexibility index (Phi) is 4.57. The third-order valence-corrected chi connectivity index (χ3v) is 3.80. The lowest BCUT2D eigenvalue weighted by Gasteiger charge is -2.32. The van der Waals surface area contributed by atoms with Gasteiger partial charge in [0.1, 0.15) is 0 Å². The highest BCUT2D eigenvalue weighted by atomic mass is 16.3. The van der Waals surface area contributed by atoms with Crippen molar-refractivity contribution in [3.63, 3.8) is 0 Å². The van der Waals surface area contributed by atoms with Crippen molar-refractivity contribution in [2.24, 2.45) is 5.92 Å². The summed E-state index contributed by atoms with van der Waals surface area (Å²) in [7, 11) is 0. The number of aliphatic hydroxyl groups excluding tert-OH is 1. The molecule has 1 heterocycles. The fraction of sp³-hybridized carbons (Fsp3) is 0.600. The van der Waals surface area contributed by atoms with Gasteiger partial charge in [0.05, 0.1) is 0 Å². The van der Waals surface area contributed by atoms with E-state index in [0.29, 0.717) is 12.5 Å². The van der Waals surface area contributed by atoms with Crippen molar-refractivity contribution in [1.29, 1.82) is 0 Å². The molecule has 2 rings (SSSR count). The maximum absolute atomic E-state index is 9.02. The van der Waals surface area contributed by atoms with Crippen molar-refractivity contribution >= 4 is 0 Å². The summed E-state index contributed by atoms with van der Waals surface area (Å²) in [6.45, 7) is 5.94. The Hall–Kier alpha value is -0.860. The van der Waals surface area contributed by atoms with E-state index in [9.17, 15) is 0 Å². The third kappa shape index (κ3) is 3.55. The molecular formula is C15H23NO. The lowest BCUT2D eigenvalue weighted by molar-refractivity contribution is 0.142. The quantitative estimate of drug-likeness (QED) is 0.864. The first-order chi connectivity index (χ1) is 8.29. The summed E-state index contributed by atoms with van der Waals surface area (Å²) in [4.78, 5) is 2.53. The molecule has 2 heteroatoms. The van der Waals surface area contributed by atoms with Crippen LogP contribution in [0.4, 0.5) is 0 Å². The zero-order chi connectivity index (χ0) is 12.1. The van der Waals surface area contributed by atoms with Crippen molar-refractivity contribution in [1.82, 2.24) is 4.90 Å². The Balaban J connectivity index is 1.92. The summed E-state index contributed by atoms with van der Waals surface area (Å²) >= 11 is 0. The molecular weight excluding hydrogens is 210 g/mol. The molecule has 0 amide bonds. The van der Waals surface area contributed by atoms with Gasteiger partial charge in [-0.1, -0.05) is 24.3 Å². The van der Waals surface area contributed by atoms with Crippen LogP contribution in [0.2, 0.25) is 0 Å². The van der Waals surface area contributed by atoms with Gasteiger partial charge in [0.2, 0.25) is 0 Å². The van der Waals surface area contributed by atoms with E-state index in [2.05, 4.69) is 36.1 Å². The molecule has 0 bridgehead atoms. The average molecular weight is 233 g/mol. The Morgan fingerprint density at radius 1 is 1.35 bits per heavy atom. The molecule has 0 aliphatic carbocycles. The van der Waals surface area contributed by atoms with Crippen LogP contribution in [0.25, 0.3) is 0 Å². The predicted octanol–water partition coefficient (Wildman–Crippen LogP) is 2.59. The molecule has 1 atom stereocenters. The van der Waals surface area contributed by atoms with Crippen molar-refractivity contribution in [3.8, 4) is 0 Å². The highest BCUT2D eigenvalue weighted by Crippen LogP contribution is 2.21. The van der Waals surface area contributed by atoms with Gasteiger partial charge in [-0.15, -0.1) is 0 Å². The van der Waals surface area contributed by atoms with Crippen molar-refractivity contribution in [3.05, 3.63) is 35.4 Å². The summed E-state index contributed by atoms with van der Waals surface area (Å²) in [5.74, 6) is 0.692. The van der Waals surface area contributed by atoms with Crippen LogP contribution >= 0.6 is 0 Å². The van der Waals surface area contributed by atoms with Gasteiger partial charge >= 0.3 is 0 Å². The van der Waals surface area contributed by atoms with Crippen molar-refractivity contribution in [2.45, 2.75) is 32.7 Å². The normalized spacial score (nSPS) is 21.6. The number of rotatable bonds is 4. The molecule has 1 aromatic rings. The van der Waals surface area contributed by atoms with E-state index in [4.69, 9.17) is 5.11 Å². The van der Waals surface area contributed by atoms with Crippen LogP contribution in [0.15, 0.2) is 24.3 Å². The molecule has 0 aromatic heterocycles. The first-order valence-corrected chi connectivity index (χ1v) is 6.67. The van der Waals surface area contributed by atoms with E-state index in [-0.39, 0.29) is 0 Å². The van der Waals surface area contributed by atoms with E-state index in [1.54, 1.807) is 0 Å². The summed E-state index contributed by atoms with van der Waals surface area (Å²) in [6, 6.07) is 8.64. The van der Waals surface area contributed by atoms with Gasteiger partial charge < -0.3 is 5.11 Å². The fourth-order valence-corrected chi connectivity index (χ4v) is 2.74. The molecule has 1 aliphatic rings. The molecule has 1 unspecified atom stereocenters. The van der Waals surface area contributed by atoms with Crippen LogP contribution < -0.4 is 0 Å². The van der Waals surface area contributed by atoms with Gasteiger partial charge in [0.25, 0.3) is 0 Å². The van der Waals surface area contributed by atoms with Gasteiger partial charge in [-0.05, 0) is 49.8 Å². The molecule has 94 valence electrons. The number of piperidine rings is 1. The molecule has 1 N–H and O–H groups in total. The highest BCUT2D eigenvalue weighted by Gasteiger charge is 2.19. The largest absolute Gasteiger partial charge is 0.396 e. The standard InChI is InChI=1S/C15H23NO/c1-13-5-2-3-7-15(13)12-16-9-4-6-14(11-16)8-10-17/h2-3,5,7,14,17H,4,6,8-12H2,1H3. The minimum absolute atomic E-state index is 0.336. The zero-order valence-corrected chi connectivity index (χ0v) is 10.7. The second-order valence-corrected chi connectivity index (χ2v) is 5.18. The lowest BCUT2D eigenvalue weighted by atomic mass is 9.94. The molecule has 1 aliphatic heterocycles. The number of nitrogens with zero attached hydrogens (tertiary/aromatic N) is 1. The van der Waals surface area contributed by atoms with E-state index in [1.807, 2.05) is 0 Å². The van der Waals surface area contributed by atoms with Crippen LogP contribution in [0.5, 0.6) is 0 Å². The van der Waals surface area contributed by atoms with E-state index >= 15 is 0 Å². The average Bonchev–Trinajstić information content (AvgIpc) is 2.33. The predicted molar refractivity (Wildman–Crippen MR) is 70.9 cm³/mol. The summed E-state index contributed by atoms with van der Waals surface area (Å²) in [6.07, 6.45) is 3.52. The molecule has 17 heavy (non-hydrogen) atoms. The SMILES string of the molecule is Cc1ccccc1CN1CCCC(CCO)C1. The topological polar surface area (TPSA) is 23.5 Å². The van der Waals surface area contributed by atoms with Gasteiger partial charge in [0, 0.05) is 19.7 Å². The molecule has 0 saturated carbocycles. The van der Waals surface area contributed by atoms with Crippen LogP contribution in [0.3, 0.4) is 0 Å². The first kappa shape index (κ1) is 12.6. The summed E-state index contributed by atoms with van der Waals surface area (Å²) in [5.41, 5.74) is 2.83. The number of benzene rings is 1. The van der Waals surface area contributed by atoms with Crippen molar-refractivity contribution in [2.75, 3.05) is 19.7 Å². The smallest absolute Gasteiger partial charge is 0.0434 e. The lowest BCUT2D eigenvalue weighted by Crippen LogP contribution is -2.35. The molecule has 1 aromatic carbocycles. The maximum Gasteiger partial charge on any atom is 0.0434 e. The number of likely N-dealkylation sites (tertiary alicyclic amines) is 1. The van der Waals surface area contributed by atoms with Crippen LogP contribution in [0.1, 0.15) is 30.4 Å². The number of aryl methyl sites for hydroxylation is 1. The molecule has 1 fully saturated rings. The molecule has 0 radical (unpaired) electrons. The van der Waals surface area contributed by atoms with Gasteiger partial charge in [0.15, 0.2) is 0 Å².